The van der Waals surface area contributed by atoms with Gasteiger partial charge in [-0.15, -0.1) is 0 Å². The third kappa shape index (κ3) is 3.45. The highest BCUT2D eigenvalue weighted by molar-refractivity contribution is 9.10. The number of esters is 1. The molecule has 1 aliphatic rings. The molecule has 1 aliphatic heterocycles. The number of halogens is 1. The van der Waals surface area contributed by atoms with Crippen LogP contribution in [0.1, 0.15) is 18.5 Å². The normalized spacial score (nSPS) is 14.3. The first-order chi connectivity index (χ1) is 11.0. The van der Waals surface area contributed by atoms with E-state index in [0.29, 0.717) is 11.3 Å². The van der Waals surface area contributed by atoms with Gasteiger partial charge in [0, 0.05) is 29.6 Å². The van der Waals surface area contributed by atoms with Gasteiger partial charge in [0.2, 0.25) is 5.91 Å². The zero-order valence-electron chi connectivity index (χ0n) is 11.8. The van der Waals surface area contributed by atoms with Gasteiger partial charge in [0.15, 0.2) is 0 Å². The Balaban J connectivity index is 1.75. The van der Waals surface area contributed by atoms with Crippen LogP contribution in [0.2, 0.25) is 0 Å². The minimum Gasteiger partial charge on any atom is -0.455 e. The van der Waals surface area contributed by atoms with E-state index in [2.05, 4.69) is 31.4 Å². The molecule has 0 bridgehead atoms. The molecule has 0 saturated heterocycles. The summed E-state index contributed by atoms with van der Waals surface area (Å²) in [7, 11) is 0. The minimum absolute atomic E-state index is 0.144. The molecule has 3 rings (SSSR count). The zero-order valence-corrected chi connectivity index (χ0v) is 13.4. The van der Waals surface area contributed by atoms with Crippen molar-refractivity contribution in [1.82, 2.24) is 14.8 Å². The Morgan fingerprint density at radius 3 is 2.91 bits per heavy atom. The molecule has 23 heavy (non-hydrogen) atoms. The molecule has 1 N–H and O–H groups in total. The third-order valence-electron chi connectivity index (χ3n) is 3.17. The summed E-state index contributed by atoms with van der Waals surface area (Å²) in [5.74, 6) is -0.875. The molecule has 2 aromatic rings. The highest BCUT2D eigenvalue weighted by Crippen LogP contribution is 2.10. The molecule has 1 amide bonds. The fraction of sp³-hybridized carbons (Fsp3) is 0.214. The fourth-order valence-electron chi connectivity index (χ4n) is 2.04. The van der Waals surface area contributed by atoms with E-state index in [1.54, 1.807) is 18.3 Å². The van der Waals surface area contributed by atoms with Crippen molar-refractivity contribution in [2.75, 3.05) is 0 Å². The summed E-state index contributed by atoms with van der Waals surface area (Å²) in [5.41, 5.74) is 2.89. The van der Waals surface area contributed by atoms with E-state index < -0.39 is 5.97 Å². The van der Waals surface area contributed by atoms with Gasteiger partial charge in [-0.1, -0.05) is 0 Å². The Morgan fingerprint density at radius 1 is 1.35 bits per heavy atom. The standard InChI is InChI=1S/C14H11BrN4O4/c15-8-1-3-11-16-9(5-13(21)19(11)6-8)7-23-14(22)10-2-4-12(20)18-17-10/h1,3,5-6H,2,4,7H2,(H,18,20). The van der Waals surface area contributed by atoms with Crippen LogP contribution in [0.4, 0.5) is 0 Å². The number of pyridine rings is 1. The predicted molar refractivity (Wildman–Crippen MR) is 83.8 cm³/mol. The van der Waals surface area contributed by atoms with Gasteiger partial charge in [-0.2, -0.15) is 5.10 Å². The SMILES string of the molecule is O=C1CCC(C(=O)OCc2cc(=O)n3cc(Br)ccc3n2)=NN1. The number of carbonyl (C=O) groups excluding carboxylic acids is 2. The maximum Gasteiger partial charge on any atom is 0.354 e. The van der Waals surface area contributed by atoms with Crippen LogP contribution in [0.25, 0.3) is 5.65 Å². The summed E-state index contributed by atoms with van der Waals surface area (Å²) in [4.78, 5) is 39.1. The molecular formula is C14H11BrN4O4. The zero-order chi connectivity index (χ0) is 16.4. The number of hydrazone groups is 1. The number of hydrogen-bond acceptors (Lipinski definition) is 6. The molecular weight excluding hydrogens is 368 g/mol. The second-order valence-electron chi connectivity index (χ2n) is 4.83. The van der Waals surface area contributed by atoms with Gasteiger partial charge in [-0.25, -0.2) is 15.2 Å². The molecule has 0 radical (unpaired) electrons. The Labute approximate surface area is 138 Å². The van der Waals surface area contributed by atoms with Crippen LogP contribution in [0.3, 0.4) is 0 Å². The number of hydrogen-bond donors (Lipinski definition) is 1. The van der Waals surface area contributed by atoms with E-state index in [4.69, 9.17) is 4.74 Å². The van der Waals surface area contributed by atoms with Gasteiger partial charge in [0.25, 0.3) is 5.56 Å². The third-order valence-corrected chi connectivity index (χ3v) is 3.64. The molecule has 0 aromatic carbocycles. The molecule has 3 heterocycles. The second-order valence-corrected chi connectivity index (χ2v) is 5.75. The lowest BCUT2D eigenvalue weighted by atomic mass is 10.2. The van der Waals surface area contributed by atoms with Crippen molar-refractivity contribution in [2.24, 2.45) is 5.10 Å². The predicted octanol–water partition coefficient (Wildman–Crippen LogP) is 0.766. The van der Waals surface area contributed by atoms with Crippen LogP contribution in [-0.2, 0) is 20.9 Å². The highest BCUT2D eigenvalue weighted by Gasteiger charge is 2.19. The number of aromatic nitrogens is 2. The van der Waals surface area contributed by atoms with Crippen molar-refractivity contribution in [3.63, 3.8) is 0 Å². The number of ether oxygens (including phenoxy) is 1. The van der Waals surface area contributed by atoms with Gasteiger partial charge in [-0.3, -0.25) is 14.0 Å². The summed E-state index contributed by atoms with van der Waals surface area (Å²) in [6.45, 7) is -0.145. The summed E-state index contributed by atoms with van der Waals surface area (Å²) < 4.78 is 7.23. The lowest BCUT2D eigenvalue weighted by Crippen LogP contribution is -2.30. The smallest absolute Gasteiger partial charge is 0.354 e. The minimum atomic E-state index is -0.636. The van der Waals surface area contributed by atoms with Gasteiger partial charge < -0.3 is 4.74 Å². The maximum absolute atomic E-state index is 12.0. The number of rotatable bonds is 3. The second kappa shape index (κ2) is 6.29. The van der Waals surface area contributed by atoms with Crippen LogP contribution in [-0.4, -0.2) is 27.0 Å². The first kappa shape index (κ1) is 15.3. The van der Waals surface area contributed by atoms with Gasteiger partial charge >= 0.3 is 5.97 Å². The van der Waals surface area contributed by atoms with Gasteiger partial charge in [0.1, 0.15) is 18.0 Å². The van der Waals surface area contributed by atoms with E-state index in [1.807, 2.05) is 0 Å². The number of fused-ring (bicyclic) bond motifs is 1. The van der Waals surface area contributed by atoms with Crippen molar-refractivity contribution in [3.8, 4) is 0 Å². The number of carbonyl (C=O) groups is 2. The Kier molecular flexibility index (Phi) is 4.20. The molecule has 0 spiro atoms. The van der Waals surface area contributed by atoms with Gasteiger partial charge in [0.05, 0.1) is 5.69 Å². The monoisotopic (exact) mass is 378 g/mol. The number of amides is 1. The molecule has 8 nitrogen and oxygen atoms in total. The number of nitrogens with zero attached hydrogens (tertiary/aromatic N) is 3. The van der Waals surface area contributed by atoms with Crippen LogP contribution < -0.4 is 11.0 Å². The van der Waals surface area contributed by atoms with Crippen molar-refractivity contribution < 1.29 is 14.3 Å². The molecule has 9 heteroatoms. The van der Waals surface area contributed by atoms with E-state index in [1.165, 1.54) is 10.5 Å². The average Bonchev–Trinajstić information content (AvgIpc) is 2.54. The Hall–Kier alpha value is -2.55. The van der Waals surface area contributed by atoms with E-state index in [0.717, 1.165) is 4.47 Å². The van der Waals surface area contributed by atoms with Crippen molar-refractivity contribution in [2.45, 2.75) is 19.4 Å². The molecule has 0 aliphatic carbocycles. The summed E-state index contributed by atoms with van der Waals surface area (Å²) in [6, 6.07) is 4.74. The number of nitrogens with one attached hydrogen (secondary N) is 1. The molecule has 0 fully saturated rings. The lowest BCUT2D eigenvalue weighted by Gasteiger charge is -2.11. The van der Waals surface area contributed by atoms with Gasteiger partial charge in [-0.05, 0) is 28.1 Å². The largest absolute Gasteiger partial charge is 0.455 e. The van der Waals surface area contributed by atoms with E-state index >= 15 is 0 Å². The molecule has 2 aromatic heterocycles. The fourth-order valence-corrected chi connectivity index (χ4v) is 2.38. The Bertz CT molecular complexity index is 890. The first-order valence-corrected chi connectivity index (χ1v) is 7.52. The first-order valence-electron chi connectivity index (χ1n) is 6.73. The van der Waals surface area contributed by atoms with Crippen LogP contribution in [0.15, 0.2) is 38.8 Å². The van der Waals surface area contributed by atoms with Crippen molar-refractivity contribution in [1.29, 1.82) is 0 Å². The topological polar surface area (TPSA) is 102 Å². The van der Waals surface area contributed by atoms with Crippen molar-refractivity contribution in [3.05, 3.63) is 44.9 Å². The highest BCUT2D eigenvalue weighted by atomic mass is 79.9. The van der Waals surface area contributed by atoms with E-state index in [-0.39, 0.29) is 36.6 Å². The molecule has 0 atom stereocenters. The molecule has 0 saturated carbocycles. The molecule has 118 valence electrons. The lowest BCUT2D eigenvalue weighted by molar-refractivity contribution is -0.137. The van der Waals surface area contributed by atoms with Crippen molar-refractivity contribution >= 4 is 39.2 Å². The quantitative estimate of drug-likeness (QED) is 0.794. The van der Waals surface area contributed by atoms with Crippen LogP contribution >= 0.6 is 15.9 Å². The van der Waals surface area contributed by atoms with Crippen LogP contribution in [0.5, 0.6) is 0 Å². The maximum atomic E-state index is 12.0. The summed E-state index contributed by atoms with van der Waals surface area (Å²) >= 11 is 3.28. The van der Waals surface area contributed by atoms with Crippen LogP contribution in [0, 0.1) is 0 Å². The summed E-state index contributed by atoms with van der Waals surface area (Å²) in [6.07, 6.45) is 2.03. The average molecular weight is 379 g/mol. The molecule has 0 unspecified atom stereocenters. The summed E-state index contributed by atoms with van der Waals surface area (Å²) in [5, 5.41) is 3.65. The Morgan fingerprint density at radius 2 is 2.17 bits per heavy atom. The van der Waals surface area contributed by atoms with E-state index in [9.17, 15) is 14.4 Å².